The van der Waals surface area contributed by atoms with Gasteiger partial charge in [0.2, 0.25) is 23.6 Å². The molecule has 2 heterocycles. The molecule has 0 bridgehead atoms. The van der Waals surface area contributed by atoms with Crippen molar-refractivity contribution in [1.29, 1.82) is 0 Å². The second-order valence-corrected chi connectivity index (χ2v) is 11.5. The predicted octanol–water partition coefficient (Wildman–Crippen LogP) is 1.83. The number of unbranched alkanes of at least 4 members (excludes halogenated alkanes) is 2. The summed E-state index contributed by atoms with van der Waals surface area (Å²) in [6, 6.07) is 15.2. The Hall–Kier alpha value is -4.05. The average molecular weight is 591 g/mol. The Morgan fingerprint density at radius 2 is 1.35 bits per heavy atom. The van der Waals surface area contributed by atoms with Gasteiger partial charge in [0.25, 0.3) is 0 Å². The fraction of sp³-hybridized carbons (Fsp3) is 0.485. The Kier molecular flexibility index (Phi) is 11.4. The van der Waals surface area contributed by atoms with Crippen molar-refractivity contribution >= 4 is 29.4 Å². The van der Waals surface area contributed by atoms with Gasteiger partial charge in [0.15, 0.2) is 5.78 Å². The third kappa shape index (κ3) is 8.97. The number of nitrogens with zero attached hydrogens (tertiary/aromatic N) is 1. The van der Waals surface area contributed by atoms with Crippen LogP contribution < -0.4 is 16.0 Å². The largest absolute Gasteiger partial charge is 0.386 e. The van der Waals surface area contributed by atoms with Crippen LogP contribution in [-0.4, -0.2) is 76.2 Å². The molecule has 4 N–H and O–H groups in total. The molecule has 43 heavy (non-hydrogen) atoms. The number of amides is 4. The van der Waals surface area contributed by atoms with E-state index in [4.69, 9.17) is 0 Å². The van der Waals surface area contributed by atoms with Gasteiger partial charge < -0.3 is 26.0 Å². The van der Waals surface area contributed by atoms with Gasteiger partial charge in [-0.1, -0.05) is 73.5 Å². The van der Waals surface area contributed by atoms with E-state index < -0.39 is 42.1 Å². The van der Waals surface area contributed by atoms with Crippen molar-refractivity contribution in [3.8, 4) is 0 Å². The number of rotatable bonds is 11. The SMILES string of the molecule is C[C@@H](O)C(=O)CCCCC[C@@H]1NC(=O)[C@H]2CCCN2C(=O)[C@H](Cc2ccccc2)NC(=O)[C@H](Cc2ccccc2)NC1=O. The van der Waals surface area contributed by atoms with Gasteiger partial charge in [-0.2, -0.15) is 0 Å². The Balaban J connectivity index is 1.57. The molecule has 2 fully saturated rings. The van der Waals surface area contributed by atoms with E-state index in [-0.39, 0.29) is 36.9 Å². The molecular weight excluding hydrogens is 548 g/mol. The highest BCUT2D eigenvalue weighted by atomic mass is 16.3. The second-order valence-electron chi connectivity index (χ2n) is 11.5. The van der Waals surface area contributed by atoms with E-state index in [2.05, 4.69) is 16.0 Å². The van der Waals surface area contributed by atoms with Gasteiger partial charge in [-0.3, -0.25) is 24.0 Å². The number of hydrogen-bond donors (Lipinski definition) is 4. The summed E-state index contributed by atoms with van der Waals surface area (Å²) in [5, 5.41) is 18.1. The molecule has 4 rings (SSSR count). The van der Waals surface area contributed by atoms with E-state index in [1.807, 2.05) is 60.7 Å². The van der Waals surface area contributed by atoms with E-state index >= 15 is 0 Å². The van der Waals surface area contributed by atoms with Crippen LogP contribution in [0, 0.1) is 0 Å². The van der Waals surface area contributed by atoms with Crippen LogP contribution in [0.2, 0.25) is 0 Å². The summed E-state index contributed by atoms with van der Waals surface area (Å²) in [6.45, 7) is 1.83. The minimum atomic E-state index is -1.01. The molecule has 0 saturated carbocycles. The van der Waals surface area contributed by atoms with E-state index in [9.17, 15) is 29.1 Å². The molecule has 4 amide bonds. The summed E-state index contributed by atoms with van der Waals surface area (Å²) in [5.74, 6) is -1.88. The molecule has 2 saturated heterocycles. The highest BCUT2D eigenvalue weighted by Crippen LogP contribution is 2.21. The summed E-state index contributed by atoms with van der Waals surface area (Å²) in [7, 11) is 0. The first kappa shape index (κ1) is 31.9. The summed E-state index contributed by atoms with van der Waals surface area (Å²) in [6.07, 6.45) is 2.83. The lowest BCUT2D eigenvalue weighted by molar-refractivity contribution is -0.143. The second kappa shape index (κ2) is 15.4. The Labute approximate surface area is 252 Å². The molecule has 0 aromatic heterocycles. The van der Waals surface area contributed by atoms with Crippen molar-refractivity contribution in [2.24, 2.45) is 0 Å². The molecule has 0 spiro atoms. The lowest BCUT2D eigenvalue weighted by Crippen LogP contribution is -2.61. The van der Waals surface area contributed by atoms with Crippen LogP contribution in [0.5, 0.6) is 0 Å². The maximum atomic E-state index is 13.9. The van der Waals surface area contributed by atoms with Gasteiger partial charge >= 0.3 is 0 Å². The maximum absolute atomic E-state index is 13.9. The fourth-order valence-corrected chi connectivity index (χ4v) is 5.73. The van der Waals surface area contributed by atoms with Crippen LogP contribution in [0.3, 0.4) is 0 Å². The molecule has 230 valence electrons. The number of hydrogen-bond acceptors (Lipinski definition) is 6. The number of Topliss-reactive ketones (excluding diaryl/α,β-unsaturated/α-hetero) is 1. The number of nitrogens with one attached hydrogen (secondary N) is 3. The van der Waals surface area contributed by atoms with Crippen molar-refractivity contribution in [2.45, 2.75) is 95.0 Å². The zero-order valence-electron chi connectivity index (χ0n) is 24.7. The molecule has 10 heteroatoms. The lowest BCUT2D eigenvalue weighted by atomic mass is 10.00. The van der Waals surface area contributed by atoms with Gasteiger partial charge in [-0.05, 0) is 43.7 Å². The molecular formula is C33H42N4O6. The van der Waals surface area contributed by atoms with Crippen LogP contribution in [0.4, 0.5) is 0 Å². The topological polar surface area (TPSA) is 145 Å². The van der Waals surface area contributed by atoms with Crippen molar-refractivity contribution in [3.63, 3.8) is 0 Å². The van der Waals surface area contributed by atoms with Crippen molar-refractivity contribution in [2.75, 3.05) is 6.54 Å². The lowest BCUT2D eigenvalue weighted by Gasteiger charge is -2.32. The third-order valence-electron chi connectivity index (χ3n) is 8.17. The van der Waals surface area contributed by atoms with Crippen LogP contribution in [-0.2, 0) is 36.8 Å². The molecule has 2 aromatic carbocycles. The molecule has 0 aliphatic carbocycles. The van der Waals surface area contributed by atoms with Crippen LogP contribution in [0.15, 0.2) is 60.7 Å². The average Bonchev–Trinajstić information content (AvgIpc) is 3.50. The Bertz CT molecular complexity index is 1270. The van der Waals surface area contributed by atoms with Gasteiger partial charge in [0.05, 0.1) is 0 Å². The minimum Gasteiger partial charge on any atom is -0.386 e. The van der Waals surface area contributed by atoms with E-state index in [1.54, 1.807) is 0 Å². The molecule has 5 atom stereocenters. The molecule has 2 aliphatic heterocycles. The third-order valence-corrected chi connectivity index (χ3v) is 8.17. The standard InChI is InChI=1S/C33H42N4O6/c1-22(38)29(39)18-10-4-9-16-25-30(40)35-26(20-23-12-5-2-6-13-23)31(41)36-27(21-24-14-7-3-8-15-24)33(43)37-19-11-17-28(37)32(42)34-25/h2-3,5-8,12-15,22,25-28,38H,4,9-11,16-21H2,1H3,(H,34,42)(H,35,40)(H,36,41)/t22-,25+,26+,27+,28-/m1/s1. The zero-order valence-corrected chi connectivity index (χ0v) is 24.7. The highest BCUT2D eigenvalue weighted by Gasteiger charge is 2.40. The van der Waals surface area contributed by atoms with Gasteiger partial charge in [-0.15, -0.1) is 0 Å². The first-order valence-electron chi connectivity index (χ1n) is 15.2. The number of ketones is 1. The van der Waals surface area contributed by atoms with E-state index in [0.29, 0.717) is 45.1 Å². The number of aliphatic hydroxyl groups excluding tert-OH is 1. The predicted molar refractivity (Wildman–Crippen MR) is 161 cm³/mol. The zero-order chi connectivity index (χ0) is 30.8. The maximum Gasteiger partial charge on any atom is 0.246 e. The summed E-state index contributed by atoms with van der Waals surface area (Å²) in [5.41, 5.74) is 1.70. The summed E-state index contributed by atoms with van der Waals surface area (Å²) >= 11 is 0. The van der Waals surface area contributed by atoms with E-state index in [0.717, 1.165) is 11.1 Å². The highest BCUT2D eigenvalue weighted by molar-refractivity contribution is 5.98. The Morgan fingerprint density at radius 3 is 1.98 bits per heavy atom. The molecule has 0 radical (unpaired) electrons. The van der Waals surface area contributed by atoms with Crippen molar-refractivity contribution in [3.05, 3.63) is 71.8 Å². The van der Waals surface area contributed by atoms with Crippen LogP contribution in [0.1, 0.15) is 63.0 Å². The monoisotopic (exact) mass is 590 g/mol. The number of carbonyl (C=O) groups is 5. The number of carbonyl (C=O) groups excluding carboxylic acids is 5. The van der Waals surface area contributed by atoms with Gasteiger partial charge in [0.1, 0.15) is 30.3 Å². The molecule has 10 nitrogen and oxygen atoms in total. The molecule has 0 unspecified atom stereocenters. The minimum absolute atomic E-state index is 0.207. The van der Waals surface area contributed by atoms with Crippen LogP contribution in [0.25, 0.3) is 0 Å². The summed E-state index contributed by atoms with van der Waals surface area (Å²) in [4.78, 5) is 68.1. The van der Waals surface area contributed by atoms with E-state index in [1.165, 1.54) is 11.8 Å². The quantitative estimate of drug-likeness (QED) is 0.294. The number of fused-ring (bicyclic) bond motifs is 1. The molecule has 2 aromatic rings. The Morgan fingerprint density at radius 1 is 0.791 bits per heavy atom. The first-order chi connectivity index (χ1) is 20.7. The number of benzene rings is 2. The fourth-order valence-electron chi connectivity index (χ4n) is 5.73. The first-order valence-corrected chi connectivity index (χ1v) is 15.2. The van der Waals surface area contributed by atoms with Crippen LogP contribution >= 0.6 is 0 Å². The smallest absolute Gasteiger partial charge is 0.246 e. The van der Waals surface area contributed by atoms with Gasteiger partial charge in [-0.25, -0.2) is 0 Å². The van der Waals surface area contributed by atoms with Crippen molar-refractivity contribution in [1.82, 2.24) is 20.9 Å². The summed E-state index contributed by atoms with van der Waals surface area (Å²) < 4.78 is 0. The molecule has 2 aliphatic rings. The normalized spacial score (nSPS) is 23.7. The number of aliphatic hydroxyl groups is 1. The van der Waals surface area contributed by atoms with Crippen molar-refractivity contribution < 1.29 is 29.1 Å². The van der Waals surface area contributed by atoms with Gasteiger partial charge in [0, 0.05) is 25.8 Å².